The lowest BCUT2D eigenvalue weighted by molar-refractivity contribution is -0.132. The van der Waals surface area contributed by atoms with Gasteiger partial charge in [-0.3, -0.25) is 0 Å². The molecule has 0 N–H and O–H groups in total. The van der Waals surface area contributed by atoms with E-state index >= 15 is 0 Å². The van der Waals surface area contributed by atoms with Gasteiger partial charge in [0.05, 0.1) is 0 Å². The van der Waals surface area contributed by atoms with E-state index in [9.17, 15) is 4.79 Å². The third-order valence-corrected chi connectivity index (χ3v) is 1.79. The van der Waals surface area contributed by atoms with E-state index in [1.165, 1.54) is 0 Å². The standard InChI is InChI=1S/C5H2Br2O2/c6-2-3-1-4(7)5(8)9-3/h1-2H/b3-2+. The smallest absolute Gasteiger partial charge is 0.350 e. The van der Waals surface area contributed by atoms with Gasteiger partial charge in [-0.05, 0) is 15.9 Å². The highest BCUT2D eigenvalue weighted by Crippen LogP contribution is 2.21. The maximum atomic E-state index is 10.5. The lowest BCUT2D eigenvalue weighted by atomic mass is 10.5. The number of ether oxygens (including phenoxy) is 1. The molecule has 0 saturated carbocycles. The van der Waals surface area contributed by atoms with Crippen molar-refractivity contribution in [2.45, 2.75) is 0 Å². The van der Waals surface area contributed by atoms with Crippen LogP contribution in [-0.4, -0.2) is 5.97 Å². The first-order valence-electron chi connectivity index (χ1n) is 2.14. The predicted molar refractivity (Wildman–Crippen MR) is 40.1 cm³/mol. The Morgan fingerprint density at radius 3 is 2.56 bits per heavy atom. The monoisotopic (exact) mass is 252 g/mol. The molecule has 0 aromatic heterocycles. The van der Waals surface area contributed by atoms with Crippen LogP contribution in [0.4, 0.5) is 0 Å². The van der Waals surface area contributed by atoms with Crippen molar-refractivity contribution in [1.29, 1.82) is 0 Å². The zero-order valence-corrected chi connectivity index (χ0v) is 7.40. The first-order chi connectivity index (χ1) is 4.24. The van der Waals surface area contributed by atoms with Crippen LogP contribution < -0.4 is 0 Å². The van der Waals surface area contributed by atoms with Crippen LogP contribution in [-0.2, 0) is 9.53 Å². The van der Waals surface area contributed by atoms with Crippen LogP contribution >= 0.6 is 31.9 Å². The second kappa shape index (κ2) is 2.66. The third-order valence-electron chi connectivity index (χ3n) is 0.782. The van der Waals surface area contributed by atoms with Gasteiger partial charge in [0.1, 0.15) is 10.2 Å². The van der Waals surface area contributed by atoms with Crippen molar-refractivity contribution >= 4 is 37.8 Å². The Labute approximate surface area is 68.8 Å². The molecule has 9 heavy (non-hydrogen) atoms. The average Bonchev–Trinajstić information content (AvgIpc) is 2.13. The molecule has 1 aliphatic rings. The van der Waals surface area contributed by atoms with Gasteiger partial charge in [-0.2, -0.15) is 0 Å². The Morgan fingerprint density at radius 1 is 1.67 bits per heavy atom. The number of halogens is 2. The number of hydrogen-bond donors (Lipinski definition) is 0. The Kier molecular flexibility index (Phi) is 2.08. The minimum Gasteiger partial charge on any atom is -0.422 e. The summed E-state index contributed by atoms with van der Waals surface area (Å²) < 4.78 is 5.11. The van der Waals surface area contributed by atoms with Crippen LogP contribution in [0.3, 0.4) is 0 Å². The van der Waals surface area contributed by atoms with Crippen molar-refractivity contribution < 1.29 is 9.53 Å². The van der Waals surface area contributed by atoms with Crippen molar-refractivity contribution in [2.75, 3.05) is 0 Å². The Balaban J connectivity index is 2.86. The first kappa shape index (κ1) is 7.02. The van der Waals surface area contributed by atoms with Gasteiger partial charge in [-0.15, -0.1) is 0 Å². The number of cyclic esters (lactones) is 1. The summed E-state index contributed by atoms with van der Waals surface area (Å²) in [5.41, 5.74) is 0. The van der Waals surface area contributed by atoms with Crippen LogP contribution in [0.1, 0.15) is 0 Å². The number of esters is 1. The van der Waals surface area contributed by atoms with Crippen LogP contribution in [0.25, 0.3) is 0 Å². The fourth-order valence-corrected chi connectivity index (χ4v) is 0.955. The summed E-state index contributed by atoms with van der Waals surface area (Å²) in [5.74, 6) is 0.174. The van der Waals surface area contributed by atoms with Crippen LogP contribution in [0.2, 0.25) is 0 Å². The van der Waals surface area contributed by atoms with Gasteiger partial charge in [0.25, 0.3) is 0 Å². The summed E-state index contributed by atoms with van der Waals surface area (Å²) in [7, 11) is 0. The van der Waals surface area contributed by atoms with Crippen LogP contribution in [0.15, 0.2) is 21.3 Å². The number of hydrogen-bond acceptors (Lipinski definition) is 2. The largest absolute Gasteiger partial charge is 0.422 e. The highest BCUT2D eigenvalue weighted by atomic mass is 79.9. The summed E-state index contributed by atoms with van der Waals surface area (Å²) in [5, 5.41) is 0. The first-order valence-corrected chi connectivity index (χ1v) is 3.84. The summed E-state index contributed by atoms with van der Waals surface area (Å²) in [6.45, 7) is 0. The Hall–Kier alpha value is -0.0900. The van der Waals surface area contributed by atoms with Gasteiger partial charge in [-0.1, -0.05) is 15.9 Å². The van der Waals surface area contributed by atoms with Gasteiger partial charge in [0.2, 0.25) is 0 Å². The highest BCUT2D eigenvalue weighted by Gasteiger charge is 2.17. The molecule has 48 valence electrons. The van der Waals surface area contributed by atoms with Gasteiger partial charge < -0.3 is 4.74 Å². The van der Waals surface area contributed by atoms with Crippen molar-refractivity contribution in [3.05, 3.63) is 21.3 Å². The number of carbonyl (C=O) groups is 1. The number of rotatable bonds is 0. The minimum absolute atomic E-state index is 0.347. The van der Waals surface area contributed by atoms with Gasteiger partial charge in [0.15, 0.2) is 0 Å². The minimum atomic E-state index is -0.347. The average molecular weight is 254 g/mol. The molecular formula is C5H2Br2O2. The van der Waals surface area contributed by atoms with E-state index in [0.717, 1.165) is 0 Å². The molecule has 0 fully saturated rings. The zero-order valence-electron chi connectivity index (χ0n) is 4.23. The van der Waals surface area contributed by atoms with E-state index in [2.05, 4.69) is 36.6 Å². The van der Waals surface area contributed by atoms with Crippen molar-refractivity contribution in [3.8, 4) is 0 Å². The van der Waals surface area contributed by atoms with E-state index in [-0.39, 0.29) is 5.97 Å². The summed E-state index contributed by atoms with van der Waals surface area (Å²) in [4.78, 5) is 12.1. The highest BCUT2D eigenvalue weighted by molar-refractivity contribution is 9.12. The molecule has 1 heterocycles. The molecule has 0 spiro atoms. The quantitative estimate of drug-likeness (QED) is 0.618. The molecule has 0 amide bonds. The topological polar surface area (TPSA) is 26.3 Å². The van der Waals surface area contributed by atoms with Crippen LogP contribution in [0.5, 0.6) is 0 Å². The molecule has 1 aliphatic heterocycles. The van der Waals surface area contributed by atoms with Gasteiger partial charge in [0, 0.05) is 11.1 Å². The second-order valence-corrected chi connectivity index (χ2v) is 2.71. The van der Waals surface area contributed by atoms with E-state index in [1.54, 1.807) is 11.1 Å². The fraction of sp³-hybridized carbons (Fsp3) is 0. The normalized spacial score (nSPS) is 22.2. The Morgan fingerprint density at radius 2 is 2.33 bits per heavy atom. The van der Waals surface area contributed by atoms with E-state index in [4.69, 9.17) is 0 Å². The molecule has 1 rings (SSSR count). The van der Waals surface area contributed by atoms with Crippen molar-refractivity contribution in [3.63, 3.8) is 0 Å². The fourth-order valence-electron chi connectivity index (χ4n) is 0.423. The van der Waals surface area contributed by atoms with Crippen LogP contribution in [0, 0.1) is 0 Å². The molecule has 0 saturated heterocycles. The molecule has 4 heteroatoms. The van der Waals surface area contributed by atoms with E-state index < -0.39 is 0 Å². The van der Waals surface area contributed by atoms with Gasteiger partial charge >= 0.3 is 5.97 Å². The lowest BCUT2D eigenvalue weighted by Gasteiger charge is -1.89. The van der Waals surface area contributed by atoms with Crippen molar-refractivity contribution in [2.24, 2.45) is 0 Å². The van der Waals surface area contributed by atoms with E-state index in [1.807, 2.05) is 0 Å². The molecule has 0 aromatic rings. The molecule has 0 bridgehead atoms. The summed E-state index contributed by atoms with van der Waals surface area (Å²) >= 11 is 6.04. The predicted octanol–water partition coefficient (Wildman–Crippen LogP) is 2.06. The molecule has 0 radical (unpaired) electrons. The van der Waals surface area contributed by atoms with E-state index in [0.29, 0.717) is 10.2 Å². The molecule has 0 aromatic carbocycles. The SMILES string of the molecule is O=C1O/C(=C/Br)C=C1Br. The zero-order chi connectivity index (χ0) is 6.85. The molecule has 0 unspecified atom stereocenters. The summed E-state index contributed by atoms with van der Waals surface area (Å²) in [6.07, 6.45) is 1.59. The maximum absolute atomic E-state index is 10.5. The number of allylic oxidation sites excluding steroid dienone is 1. The summed E-state index contributed by atoms with van der Waals surface area (Å²) in [6, 6.07) is 0. The molecular weight excluding hydrogens is 252 g/mol. The third kappa shape index (κ3) is 1.43. The lowest BCUT2D eigenvalue weighted by Crippen LogP contribution is -1.92. The molecule has 2 nitrogen and oxygen atoms in total. The van der Waals surface area contributed by atoms with Crippen molar-refractivity contribution in [1.82, 2.24) is 0 Å². The molecule has 0 aliphatic carbocycles. The maximum Gasteiger partial charge on any atom is 0.350 e. The van der Waals surface area contributed by atoms with Gasteiger partial charge in [-0.25, -0.2) is 4.79 Å². The second-order valence-electron chi connectivity index (χ2n) is 1.39. The number of carbonyl (C=O) groups excluding carboxylic acids is 1. The Bertz CT molecular complexity index is 205. The molecule has 0 atom stereocenters.